The van der Waals surface area contributed by atoms with Crippen LogP contribution < -0.4 is 10.6 Å². The van der Waals surface area contributed by atoms with Crippen molar-refractivity contribution in [2.45, 2.75) is 57.0 Å². The van der Waals surface area contributed by atoms with E-state index in [1.54, 1.807) is 11.0 Å². The van der Waals surface area contributed by atoms with Gasteiger partial charge in [0.25, 0.3) is 5.91 Å². The number of urea groups is 1. The summed E-state index contributed by atoms with van der Waals surface area (Å²) in [5.74, 6) is -0.603. The fourth-order valence-corrected chi connectivity index (χ4v) is 4.13. The Morgan fingerprint density at radius 2 is 1.62 bits per heavy atom. The fraction of sp³-hybridized carbons (Fsp3) is 0.579. The van der Waals surface area contributed by atoms with Gasteiger partial charge in [-0.1, -0.05) is 19.3 Å². The molecule has 142 valence electrons. The van der Waals surface area contributed by atoms with E-state index in [1.807, 2.05) is 0 Å². The van der Waals surface area contributed by atoms with E-state index >= 15 is 0 Å². The monoisotopic (exact) mass is 425 g/mol. The lowest BCUT2D eigenvalue weighted by Crippen LogP contribution is -2.51. The Balaban J connectivity index is 1.47. The van der Waals surface area contributed by atoms with E-state index in [1.165, 1.54) is 31.4 Å². The molecule has 1 saturated heterocycles. The molecule has 0 atom stereocenters. The smallest absolute Gasteiger partial charge is 0.315 e. The maximum atomic E-state index is 13.4. The summed E-state index contributed by atoms with van der Waals surface area (Å²) in [7, 11) is 0. The molecule has 0 radical (unpaired) electrons. The number of amides is 3. The molecule has 26 heavy (non-hydrogen) atoms. The van der Waals surface area contributed by atoms with Crippen molar-refractivity contribution in [1.82, 2.24) is 15.5 Å². The van der Waals surface area contributed by atoms with Gasteiger partial charge in [0.2, 0.25) is 0 Å². The molecule has 7 heteroatoms. The quantitative estimate of drug-likeness (QED) is 0.772. The van der Waals surface area contributed by atoms with Crippen molar-refractivity contribution < 1.29 is 14.0 Å². The van der Waals surface area contributed by atoms with Crippen LogP contribution in [0.4, 0.5) is 9.18 Å². The van der Waals surface area contributed by atoms with E-state index < -0.39 is 5.82 Å². The summed E-state index contributed by atoms with van der Waals surface area (Å²) in [5.41, 5.74) is 0.339. The second-order valence-corrected chi connectivity index (χ2v) is 8.00. The number of likely N-dealkylation sites (tertiary alicyclic amines) is 1. The molecule has 1 heterocycles. The number of benzene rings is 1. The molecule has 3 amide bonds. The third-order valence-electron chi connectivity index (χ3n) is 5.22. The summed E-state index contributed by atoms with van der Waals surface area (Å²) < 4.78 is 14.0. The van der Waals surface area contributed by atoms with Crippen LogP contribution in [0.1, 0.15) is 55.3 Å². The number of halogens is 2. The van der Waals surface area contributed by atoms with Crippen molar-refractivity contribution in [3.63, 3.8) is 0 Å². The predicted octanol–water partition coefficient (Wildman–Crippen LogP) is 3.82. The zero-order chi connectivity index (χ0) is 18.5. The average molecular weight is 426 g/mol. The second-order valence-electron chi connectivity index (χ2n) is 7.14. The Kier molecular flexibility index (Phi) is 6.51. The van der Waals surface area contributed by atoms with Gasteiger partial charge in [-0.05, 0) is 59.8 Å². The van der Waals surface area contributed by atoms with E-state index in [2.05, 4.69) is 26.6 Å². The summed E-state index contributed by atoms with van der Waals surface area (Å²) in [6.45, 7) is 1.10. The molecule has 5 nitrogen and oxygen atoms in total. The lowest BCUT2D eigenvalue weighted by Gasteiger charge is -2.33. The van der Waals surface area contributed by atoms with E-state index in [4.69, 9.17) is 0 Å². The molecule has 0 spiro atoms. The highest BCUT2D eigenvalue weighted by molar-refractivity contribution is 9.10. The van der Waals surface area contributed by atoms with Crippen LogP contribution >= 0.6 is 15.9 Å². The summed E-state index contributed by atoms with van der Waals surface area (Å²) in [6, 6.07) is 4.38. The minimum atomic E-state index is -0.424. The van der Waals surface area contributed by atoms with Gasteiger partial charge in [0.1, 0.15) is 5.82 Å². The molecule has 0 bridgehead atoms. The molecule has 1 saturated carbocycles. The Morgan fingerprint density at radius 3 is 2.27 bits per heavy atom. The molecule has 2 aliphatic rings. The van der Waals surface area contributed by atoms with Crippen LogP contribution in [0.15, 0.2) is 22.7 Å². The van der Waals surface area contributed by atoms with Crippen LogP contribution in [-0.2, 0) is 0 Å². The van der Waals surface area contributed by atoms with Gasteiger partial charge in [0.15, 0.2) is 0 Å². The molecule has 2 N–H and O–H groups in total. The van der Waals surface area contributed by atoms with Crippen LogP contribution in [0.3, 0.4) is 0 Å². The predicted molar refractivity (Wildman–Crippen MR) is 102 cm³/mol. The standard InChI is InChI=1S/C19H25BrFN3O2/c20-17-7-6-13(21)12-16(17)18(25)24-10-8-15(9-11-24)23-19(26)22-14-4-2-1-3-5-14/h6-7,12,14-15H,1-5,8-11H2,(H2,22,23,26). The van der Waals surface area contributed by atoms with Gasteiger partial charge in [-0.3, -0.25) is 4.79 Å². The number of carbonyl (C=O) groups is 2. The van der Waals surface area contributed by atoms with Crippen LogP contribution in [0.2, 0.25) is 0 Å². The van der Waals surface area contributed by atoms with E-state index in [-0.39, 0.29) is 24.0 Å². The van der Waals surface area contributed by atoms with Gasteiger partial charge in [-0.25, -0.2) is 9.18 Å². The number of nitrogens with zero attached hydrogens (tertiary/aromatic N) is 1. The minimum absolute atomic E-state index is 0.0681. The molecular weight excluding hydrogens is 401 g/mol. The van der Waals surface area contributed by atoms with E-state index in [9.17, 15) is 14.0 Å². The Labute approximate surface area is 161 Å². The third-order valence-corrected chi connectivity index (χ3v) is 5.91. The van der Waals surface area contributed by atoms with Crippen molar-refractivity contribution in [3.8, 4) is 0 Å². The largest absolute Gasteiger partial charge is 0.338 e. The van der Waals surface area contributed by atoms with Gasteiger partial charge in [0.05, 0.1) is 5.56 Å². The number of hydrogen-bond donors (Lipinski definition) is 2. The molecule has 1 aromatic carbocycles. The molecular formula is C19H25BrFN3O2. The SMILES string of the molecule is O=C(NC1CCCCC1)NC1CCN(C(=O)c2cc(F)ccc2Br)CC1. The van der Waals surface area contributed by atoms with Gasteiger partial charge in [-0.2, -0.15) is 0 Å². The zero-order valence-corrected chi connectivity index (χ0v) is 16.4. The molecule has 0 aromatic heterocycles. The molecule has 1 aliphatic carbocycles. The first kappa shape index (κ1) is 19.1. The van der Waals surface area contributed by atoms with Crippen molar-refractivity contribution in [3.05, 3.63) is 34.1 Å². The number of rotatable bonds is 3. The number of carbonyl (C=O) groups excluding carboxylic acids is 2. The van der Waals surface area contributed by atoms with Crippen molar-refractivity contribution in [1.29, 1.82) is 0 Å². The highest BCUT2D eigenvalue weighted by atomic mass is 79.9. The minimum Gasteiger partial charge on any atom is -0.338 e. The fourth-order valence-electron chi connectivity index (χ4n) is 3.72. The van der Waals surface area contributed by atoms with Crippen molar-refractivity contribution in [2.24, 2.45) is 0 Å². The number of piperidine rings is 1. The molecule has 3 rings (SSSR count). The average Bonchev–Trinajstić information content (AvgIpc) is 2.64. The number of hydrogen-bond acceptors (Lipinski definition) is 2. The van der Waals surface area contributed by atoms with Crippen LogP contribution in [-0.4, -0.2) is 42.0 Å². The first-order chi connectivity index (χ1) is 12.5. The Morgan fingerprint density at radius 1 is 1.00 bits per heavy atom. The molecule has 0 unspecified atom stereocenters. The van der Waals surface area contributed by atoms with Crippen molar-refractivity contribution >= 4 is 27.9 Å². The summed E-state index contributed by atoms with van der Waals surface area (Å²) >= 11 is 3.31. The van der Waals surface area contributed by atoms with Gasteiger partial charge in [-0.15, -0.1) is 0 Å². The van der Waals surface area contributed by atoms with Gasteiger partial charge in [0, 0.05) is 29.6 Å². The first-order valence-electron chi connectivity index (χ1n) is 9.34. The number of nitrogens with one attached hydrogen (secondary N) is 2. The molecule has 1 aromatic rings. The van der Waals surface area contributed by atoms with Gasteiger partial charge >= 0.3 is 6.03 Å². The lowest BCUT2D eigenvalue weighted by molar-refractivity contribution is 0.0706. The Hall–Kier alpha value is -1.63. The zero-order valence-electron chi connectivity index (χ0n) is 14.8. The van der Waals surface area contributed by atoms with Crippen molar-refractivity contribution in [2.75, 3.05) is 13.1 Å². The maximum Gasteiger partial charge on any atom is 0.315 e. The lowest BCUT2D eigenvalue weighted by atomic mass is 9.96. The maximum absolute atomic E-state index is 13.4. The highest BCUT2D eigenvalue weighted by Crippen LogP contribution is 2.22. The van der Waals surface area contributed by atoms with Gasteiger partial charge < -0.3 is 15.5 Å². The van der Waals surface area contributed by atoms with Crippen LogP contribution in [0.25, 0.3) is 0 Å². The summed E-state index contributed by atoms with van der Waals surface area (Å²) in [5, 5.41) is 6.09. The topological polar surface area (TPSA) is 61.4 Å². The highest BCUT2D eigenvalue weighted by Gasteiger charge is 2.26. The Bertz CT molecular complexity index is 656. The molecule has 1 aliphatic heterocycles. The normalized spacial score (nSPS) is 19.2. The second kappa shape index (κ2) is 8.84. The third kappa shape index (κ3) is 4.96. The first-order valence-corrected chi connectivity index (χ1v) is 10.1. The summed E-state index contributed by atoms with van der Waals surface area (Å²) in [6.07, 6.45) is 7.15. The molecule has 2 fully saturated rings. The van der Waals surface area contributed by atoms with Crippen LogP contribution in [0.5, 0.6) is 0 Å². The van der Waals surface area contributed by atoms with E-state index in [0.29, 0.717) is 36.0 Å². The van der Waals surface area contributed by atoms with E-state index in [0.717, 1.165) is 12.8 Å². The summed E-state index contributed by atoms with van der Waals surface area (Å²) in [4.78, 5) is 26.5. The van der Waals surface area contributed by atoms with Crippen LogP contribution in [0, 0.1) is 5.82 Å².